The van der Waals surface area contributed by atoms with E-state index in [-0.39, 0.29) is 0 Å². The summed E-state index contributed by atoms with van der Waals surface area (Å²) in [5.41, 5.74) is 1.41. The van der Waals surface area contributed by atoms with E-state index in [9.17, 15) is 0 Å². The van der Waals surface area contributed by atoms with Crippen LogP contribution in [-0.4, -0.2) is 17.6 Å². The Labute approximate surface area is 116 Å². The summed E-state index contributed by atoms with van der Waals surface area (Å²) in [4.78, 5) is 4.26. The molecule has 0 aliphatic rings. The van der Waals surface area contributed by atoms with Crippen LogP contribution in [0.5, 0.6) is 0 Å². The average molecular weight is 256 g/mol. The highest BCUT2D eigenvalue weighted by atomic mass is 14.9. The summed E-state index contributed by atoms with van der Waals surface area (Å²) in [6, 6.07) is 9.22. The number of nitrogens with zero attached hydrogens (tertiary/aromatic N) is 1. The number of aromatic nitrogens is 1. The lowest BCUT2D eigenvalue weighted by atomic mass is 9.95. The monoisotopic (exact) mass is 256 g/mol. The van der Waals surface area contributed by atoms with E-state index in [0.29, 0.717) is 12.0 Å². The molecule has 0 saturated heterocycles. The Bertz CT molecular complexity index is 514. The van der Waals surface area contributed by atoms with Crippen LogP contribution in [0.4, 0.5) is 0 Å². The zero-order valence-corrected chi connectivity index (χ0v) is 12.2. The lowest BCUT2D eigenvalue weighted by molar-refractivity contribution is 0.385. The predicted molar refractivity (Wildman–Crippen MR) is 82.4 cm³/mol. The molecule has 0 fully saturated rings. The molecule has 102 valence electrons. The van der Waals surface area contributed by atoms with Gasteiger partial charge in [-0.25, -0.2) is 0 Å². The van der Waals surface area contributed by atoms with Crippen molar-refractivity contribution in [1.82, 2.24) is 10.3 Å². The van der Waals surface area contributed by atoms with Crippen molar-refractivity contribution in [3.8, 4) is 0 Å². The molecule has 0 spiro atoms. The Morgan fingerprint density at radius 3 is 2.79 bits per heavy atom. The van der Waals surface area contributed by atoms with E-state index in [1.807, 2.05) is 12.4 Å². The molecule has 1 atom stereocenters. The first-order chi connectivity index (χ1) is 9.22. The molecule has 1 aromatic carbocycles. The van der Waals surface area contributed by atoms with Gasteiger partial charge in [0.1, 0.15) is 0 Å². The minimum atomic E-state index is 0.594. The summed E-state index contributed by atoms with van der Waals surface area (Å²) < 4.78 is 0. The molecule has 2 heteroatoms. The van der Waals surface area contributed by atoms with Gasteiger partial charge in [0.25, 0.3) is 0 Å². The van der Waals surface area contributed by atoms with Gasteiger partial charge < -0.3 is 5.32 Å². The summed E-state index contributed by atoms with van der Waals surface area (Å²) in [5.74, 6) is 0.674. The highest BCUT2D eigenvalue weighted by Gasteiger charge is 2.12. The van der Waals surface area contributed by atoms with E-state index in [1.54, 1.807) is 0 Å². The molecule has 1 unspecified atom stereocenters. The SMILES string of the molecule is CCNC(CCc1cccc2ccncc12)C(C)C. The van der Waals surface area contributed by atoms with Gasteiger partial charge in [-0.3, -0.25) is 4.98 Å². The molecule has 2 nitrogen and oxygen atoms in total. The maximum Gasteiger partial charge on any atom is 0.0349 e. The van der Waals surface area contributed by atoms with Gasteiger partial charge in [0.15, 0.2) is 0 Å². The van der Waals surface area contributed by atoms with Crippen molar-refractivity contribution in [1.29, 1.82) is 0 Å². The summed E-state index contributed by atoms with van der Waals surface area (Å²) >= 11 is 0. The maximum atomic E-state index is 4.26. The molecule has 19 heavy (non-hydrogen) atoms. The Hall–Kier alpha value is -1.41. The van der Waals surface area contributed by atoms with Gasteiger partial charge in [-0.2, -0.15) is 0 Å². The number of hydrogen-bond acceptors (Lipinski definition) is 2. The van der Waals surface area contributed by atoms with Crippen LogP contribution in [-0.2, 0) is 6.42 Å². The van der Waals surface area contributed by atoms with E-state index in [4.69, 9.17) is 0 Å². The summed E-state index contributed by atoms with van der Waals surface area (Å²) in [7, 11) is 0. The van der Waals surface area contributed by atoms with Crippen molar-refractivity contribution >= 4 is 10.8 Å². The number of pyridine rings is 1. The first kappa shape index (κ1) is 14.0. The summed E-state index contributed by atoms with van der Waals surface area (Å²) in [6.07, 6.45) is 6.14. The van der Waals surface area contributed by atoms with E-state index < -0.39 is 0 Å². The lowest BCUT2D eigenvalue weighted by Crippen LogP contribution is -2.34. The van der Waals surface area contributed by atoms with Gasteiger partial charge in [-0.15, -0.1) is 0 Å². The van der Waals surface area contributed by atoms with Crippen molar-refractivity contribution in [2.45, 2.75) is 39.7 Å². The Balaban J connectivity index is 2.13. The summed E-state index contributed by atoms with van der Waals surface area (Å²) in [6.45, 7) is 7.80. The van der Waals surface area contributed by atoms with E-state index in [1.165, 1.54) is 22.8 Å². The molecule has 0 bridgehead atoms. The van der Waals surface area contributed by atoms with E-state index in [2.05, 4.69) is 55.3 Å². The van der Waals surface area contributed by atoms with Gasteiger partial charge in [-0.05, 0) is 42.3 Å². The van der Waals surface area contributed by atoms with Crippen LogP contribution in [0.1, 0.15) is 32.8 Å². The maximum absolute atomic E-state index is 4.26. The minimum Gasteiger partial charge on any atom is -0.314 e. The lowest BCUT2D eigenvalue weighted by Gasteiger charge is -2.22. The number of nitrogens with one attached hydrogen (secondary N) is 1. The van der Waals surface area contributed by atoms with E-state index >= 15 is 0 Å². The van der Waals surface area contributed by atoms with Crippen LogP contribution >= 0.6 is 0 Å². The largest absolute Gasteiger partial charge is 0.314 e. The fourth-order valence-electron chi connectivity index (χ4n) is 2.64. The van der Waals surface area contributed by atoms with Gasteiger partial charge in [-0.1, -0.05) is 39.0 Å². The second-order valence-electron chi connectivity index (χ2n) is 5.46. The molecule has 2 aromatic rings. The summed E-state index contributed by atoms with van der Waals surface area (Å²) in [5, 5.41) is 6.17. The number of fused-ring (bicyclic) bond motifs is 1. The van der Waals surface area contributed by atoms with Crippen molar-refractivity contribution in [3.63, 3.8) is 0 Å². The highest BCUT2D eigenvalue weighted by molar-refractivity contribution is 5.84. The van der Waals surface area contributed by atoms with Crippen molar-refractivity contribution in [2.75, 3.05) is 6.54 Å². The first-order valence-electron chi connectivity index (χ1n) is 7.27. The predicted octanol–water partition coefficient (Wildman–Crippen LogP) is 3.80. The quantitative estimate of drug-likeness (QED) is 0.850. The Morgan fingerprint density at radius 2 is 2.05 bits per heavy atom. The fourth-order valence-corrected chi connectivity index (χ4v) is 2.64. The smallest absolute Gasteiger partial charge is 0.0349 e. The molecule has 0 radical (unpaired) electrons. The Kier molecular flexibility index (Phi) is 4.92. The standard InChI is InChI=1S/C17H24N2/c1-4-19-17(13(2)3)9-8-14-6-5-7-15-10-11-18-12-16(14)15/h5-7,10-13,17,19H,4,8-9H2,1-3H3. The van der Waals surface area contributed by atoms with Gasteiger partial charge in [0, 0.05) is 23.8 Å². The number of benzene rings is 1. The van der Waals surface area contributed by atoms with Crippen molar-refractivity contribution < 1.29 is 0 Å². The van der Waals surface area contributed by atoms with Gasteiger partial charge >= 0.3 is 0 Å². The molecule has 0 aliphatic heterocycles. The zero-order valence-electron chi connectivity index (χ0n) is 12.2. The normalized spacial score (nSPS) is 13.1. The number of aryl methyl sites for hydroxylation is 1. The molecule has 1 heterocycles. The van der Waals surface area contributed by atoms with Crippen molar-refractivity contribution in [2.24, 2.45) is 5.92 Å². The molecular formula is C17H24N2. The first-order valence-corrected chi connectivity index (χ1v) is 7.27. The van der Waals surface area contributed by atoms with Gasteiger partial charge in [0.2, 0.25) is 0 Å². The Morgan fingerprint density at radius 1 is 1.21 bits per heavy atom. The third-order valence-corrected chi connectivity index (χ3v) is 3.77. The van der Waals surface area contributed by atoms with Gasteiger partial charge in [0.05, 0.1) is 0 Å². The second kappa shape index (κ2) is 6.67. The second-order valence-corrected chi connectivity index (χ2v) is 5.46. The average Bonchev–Trinajstić information content (AvgIpc) is 2.43. The highest BCUT2D eigenvalue weighted by Crippen LogP contribution is 2.20. The van der Waals surface area contributed by atoms with Crippen LogP contribution in [0.2, 0.25) is 0 Å². The molecular weight excluding hydrogens is 232 g/mol. The van der Waals surface area contributed by atoms with Crippen LogP contribution in [0.25, 0.3) is 10.8 Å². The third-order valence-electron chi connectivity index (χ3n) is 3.77. The molecule has 1 N–H and O–H groups in total. The molecule has 1 aromatic heterocycles. The van der Waals surface area contributed by atoms with E-state index in [0.717, 1.165) is 13.0 Å². The number of rotatable bonds is 6. The minimum absolute atomic E-state index is 0.594. The van der Waals surface area contributed by atoms with Crippen LogP contribution < -0.4 is 5.32 Å². The van der Waals surface area contributed by atoms with Crippen LogP contribution in [0.3, 0.4) is 0 Å². The molecule has 0 saturated carbocycles. The number of hydrogen-bond donors (Lipinski definition) is 1. The molecule has 2 rings (SSSR count). The topological polar surface area (TPSA) is 24.9 Å². The van der Waals surface area contributed by atoms with Crippen molar-refractivity contribution in [3.05, 3.63) is 42.2 Å². The third kappa shape index (κ3) is 3.54. The fraction of sp³-hybridized carbons (Fsp3) is 0.471. The molecule has 0 aliphatic carbocycles. The van der Waals surface area contributed by atoms with Crippen LogP contribution in [0, 0.1) is 5.92 Å². The molecule has 0 amide bonds. The zero-order chi connectivity index (χ0) is 13.7. The van der Waals surface area contributed by atoms with Crippen LogP contribution in [0.15, 0.2) is 36.7 Å².